The fraction of sp³-hybridized carbons (Fsp3) is 0.316. The molecule has 0 aliphatic rings. The number of ether oxygens (including phenoxy) is 2. The molecule has 138 valence electrons. The summed E-state index contributed by atoms with van der Waals surface area (Å²) in [6.07, 6.45) is 0. The molecule has 2 aromatic rings. The van der Waals surface area contributed by atoms with E-state index in [4.69, 9.17) is 9.47 Å². The number of rotatable bonds is 6. The molecule has 0 saturated heterocycles. The number of ketones is 1. The third kappa shape index (κ3) is 3.93. The molecule has 0 bridgehead atoms. The van der Waals surface area contributed by atoms with Crippen LogP contribution in [0.3, 0.4) is 0 Å². The number of H-pyrrole nitrogens is 1. The van der Waals surface area contributed by atoms with Crippen molar-refractivity contribution in [1.29, 1.82) is 0 Å². The number of aryl methyl sites for hydroxylation is 2. The molecule has 0 radical (unpaired) electrons. The van der Waals surface area contributed by atoms with Gasteiger partial charge in [0.15, 0.2) is 6.61 Å². The molecule has 0 aliphatic heterocycles. The minimum absolute atomic E-state index is 0.00981. The van der Waals surface area contributed by atoms with Crippen LogP contribution in [-0.4, -0.2) is 41.0 Å². The number of aromatic hydroxyl groups is 1. The minimum Gasteiger partial charge on any atom is -0.507 e. The van der Waals surface area contributed by atoms with Crippen LogP contribution in [0.4, 0.5) is 0 Å². The lowest BCUT2D eigenvalue weighted by atomic mass is 10.1. The number of aromatic amines is 1. The monoisotopic (exact) mass is 359 g/mol. The van der Waals surface area contributed by atoms with E-state index in [1.807, 2.05) is 0 Å². The number of aromatic nitrogens is 1. The molecule has 2 N–H and O–H groups in total. The SMILES string of the molecule is CCOC(=O)c1c(C)[nH]c(C(=O)COC(=O)c2cc(C)ccc2O)c1C. The van der Waals surface area contributed by atoms with Gasteiger partial charge in [-0.15, -0.1) is 0 Å². The van der Waals surface area contributed by atoms with Crippen molar-refractivity contribution >= 4 is 17.7 Å². The van der Waals surface area contributed by atoms with Gasteiger partial charge in [0.1, 0.15) is 11.3 Å². The van der Waals surface area contributed by atoms with E-state index in [9.17, 15) is 19.5 Å². The van der Waals surface area contributed by atoms with E-state index in [-0.39, 0.29) is 23.6 Å². The number of phenolic OH excluding ortho intramolecular Hbond substituents is 1. The molecule has 0 spiro atoms. The van der Waals surface area contributed by atoms with Crippen molar-refractivity contribution in [3.63, 3.8) is 0 Å². The first-order valence-electron chi connectivity index (χ1n) is 8.12. The predicted molar refractivity (Wildman–Crippen MR) is 93.7 cm³/mol. The fourth-order valence-corrected chi connectivity index (χ4v) is 2.63. The van der Waals surface area contributed by atoms with Crippen LogP contribution in [0, 0.1) is 20.8 Å². The summed E-state index contributed by atoms with van der Waals surface area (Å²) >= 11 is 0. The van der Waals surface area contributed by atoms with Gasteiger partial charge in [0.2, 0.25) is 5.78 Å². The highest BCUT2D eigenvalue weighted by Gasteiger charge is 2.24. The Labute approximate surface area is 150 Å². The topological polar surface area (TPSA) is 106 Å². The van der Waals surface area contributed by atoms with E-state index in [1.54, 1.807) is 33.8 Å². The standard InChI is InChI=1S/C19H21NO6/c1-5-25-19(24)16-11(3)17(20-12(16)4)15(22)9-26-18(23)13-8-10(2)6-7-14(13)21/h6-8,20-21H,5,9H2,1-4H3. The maximum Gasteiger partial charge on any atom is 0.342 e. The number of Topliss-reactive ketones (excluding diaryl/α,β-unsaturated/α-hetero) is 1. The van der Waals surface area contributed by atoms with Gasteiger partial charge in [-0.1, -0.05) is 11.6 Å². The molecule has 0 atom stereocenters. The average Bonchev–Trinajstić information content (AvgIpc) is 2.89. The van der Waals surface area contributed by atoms with Crippen molar-refractivity contribution in [2.24, 2.45) is 0 Å². The quantitative estimate of drug-likeness (QED) is 0.607. The number of hydrogen-bond acceptors (Lipinski definition) is 6. The number of phenols is 1. The smallest absolute Gasteiger partial charge is 0.342 e. The van der Waals surface area contributed by atoms with E-state index >= 15 is 0 Å². The van der Waals surface area contributed by atoms with Crippen molar-refractivity contribution in [1.82, 2.24) is 4.98 Å². The Morgan fingerprint density at radius 1 is 1.08 bits per heavy atom. The zero-order chi connectivity index (χ0) is 19.4. The number of carbonyl (C=O) groups is 3. The second-order valence-corrected chi connectivity index (χ2v) is 5.87. The molecule has 0 aliphatic carbocycles. The van der Waals surface area contributed by atoms with Gasteiger partial charge in [-0.25, -0.2) is 9.59 Å². The second kappa shape index (κ2) is 7.86. The third-order valence-electron chi connectivity index (χ3n) is 3.90. The summed E-state index contributed by atoms with van der Waals surface area (Å²) in [7, 11) is 0. The van der Waals surface area contributed by atoms with Crippen LogP contribution in [0.5, 0.6) is 5.75 Å². The van der Waals surface area contributed by atoms with Crippen LogP contribution in [0.2, 0.25) is 0 Å². The summed E-state index contributed by atoms with van der Waals surface area (Å²) in [5.41, 5.74) is 2.21. The molecule has 7 heteroatoms. The summed E-state index contributed by atoms with van der Waals surface area (Å²) in [6, 6.07) is 4.52. The first-order valence-corrected chi connectivity index (χ1v) is 8.12. The van der Waals surface area contributed by atoms with Crippen LogP contribution >= 0.6 is 0 Å². The fourth-order valence-electron chi connectivity index (χ4n) is 2.63. The van der Waals surface area contributed by atoms with Gasteiger partial charge in [-0.05, 0) is 45.4 Å². The molecule has 0 fully saturated rings. The second-order valence-electron chi connectivity index (χ2n) is 5.87. The van der Waals surface area contributed by atoms with Gasteiger partial charge < -0.3 is 19.6 Å². The summed E-state index contributed by atoms with van der Waals surface area (Å²) in [4.78, 5) is 39.3. The van der Waals surface area contributed by atoms with Gasteiger partial charge >= 0.3 is 11.9 Å². The number of benzene rings is 1. The predicted octanol–water partition coefficient (Wildman–Crippen LogP) is 2.86. The summed E-state index contributed by atoms with van der Waals surface area (Å²) in [6.45, 7) is 6.45. The molecule has 0 amide bonds. The molecule has 26 heavy (non-hydrogen) atoms. The molecule has 1 aromatic carbocycles. The van der Waals surface area contributed by atoms with E-state index in [0.717, 1.165) is 5.56 Å². The minimum atomic E-state index is -0.800. The normalized spacial score (nSPS) is 10.5. The van der Waals surface area contributed by atoms with Gasteiger partial charge in [-0.3, -0.25) is 4.79 Å². The van der Waals surface area contributed by atoms with E-state index in [1.165, 1.54) is 12.1 Å². The zero-order valence-corrected chi connectivity index (χ0v) is 15.1. The Balaban J connectivity index is 2.13. The molecule has 1 heterocycles. The van der Waals surface area contributed by atoms with Crippen LogP contribution in [-0.2, 0) is 9.47 Å². The van der Waals surface area contributed by atoms with Gasteiger partial charge in [0, 0.05) is 5.69 Å². The number of hydrogen-bond donors (Lipinski definition) is 2. The molecule has 1 aromatic heterocycles. The van der Waals surface area contributed by atoms with Crippen LogP contribution in [0.25, 0.3) is 0 Å². The number of esters is 2. The Bertz CT molecular complexity index is 865. The third-order valence-corrected chi connectivity index (χ3v) is 3.90. The number of carbonyl (C=O) groups excluding carboxylic acids is 3. The van der Waals surface area contributed by atoms with Crippen molar-refractivity contribution in [2.45, 2.75) is 27.7 Å². The van der Waals surface area contributed by atoms with Crippen LogP contribution in [0.1, 0.15) is 54.9 Å². The Kier molecular flexibility index (Phi) is 5.82. The van der Waals surface area contributed by atoms with Crippen molar-refractivity contribution < 1.29 is 29.0 Å². The average molecular weight is 359 g/mol. The van der Waals surface area contributed by atoms with E-state index in [0.29, 0.717) is 16.8 Å². The van der Waals surface area contributed by atoms with Crippen molar-refractivity contribution in [3.8, 4) is 5.75 Å². The molecular weight excluding hydrogens is 338 g/mol. The molecule has 2 rings (SSSR count). The van der Waals surface area contributed by atoms with E-state index < -0.39 is 24.3 Å². The molecular formula is C19H21NO6. The first-order chi connectivity index (χ1) is 12.3. The largest absolute Gasteiger partial charge is 0.507 e. The van der Waals surface area contributed by atoms with Crippen LogP contribution in [0.15, 0.2) is 18.2 Å². The van der Waals surface area contributed by atoms with Gasteiger partial charge in [0.05, 0.1) is 17.9 Å². The van der Waals surface area contributed by atoms with Crippen molar-refractivity contribution in [3.05, 3.63) is 51.8 Å². The van der Waals surface area contributed by atoms with E-state index in [2.05, 4.69) is 4.98 Å². The molecule has 7 nitrogen and oxygen atoms in total. The molecule has 0 unspecified atom stereocenters. The van der Waals surface area contributed by atoms with Crippen molar-refractivity contribution in [2.75, 3.05) is 13.2 Å². The highest BCUT2D eigenvalue weighted by atomic mass is 16.5. The lowest BCUT2D eigenvalue weighted by Crippen LogP contribution is -2.16. The summed E-state index contributed by atoms with van der Waals surface area (Å²) < 4.78 is 9.99. The first kappa shape index (κ1) is 19.2. The highest BCUT2D eigenvalue weighted by molar-refractivity contribution is 6.03. The lowest BCUT2D eigenvalue weighted by Gasteiger charge is -2.07. The van der Waals surface area contributed by atoms with Gasteiger partial charge in [-0.2, -0.15) is 0 Å². The van der Waals surface area contributed by atoms with Gasteiger partial charge in [0.25, 0.3) is 0 Å². The summed E-state index contributed by atoms with van der Waals surface area (Å²) in [5, 5.41) is 9.74. The maximum absolute atomic E-state index is 12.4. The highest BCUT2D eigenvalue weighted by Crippen LogP contribution is 2.21. The lowest BCUT2D eigenvalue weighted by molar-refractivity contribution is 0.0469. The Morgan fingerprint density at radius 2 is 1.77 bits per heavy atom. The number of nitrogens with one attached hydrogen (secondary N) is 1. The summed E-state index contributed by atoms with van der Waals surface area (Å²) in [5.74, 6) is -2.02. The Morgan fingerprint density at radius 3 is 2.42 bits per heavy atom. The maximum atomic E-state index is 12.4. The Hall–Kier alpha value is -3.09. The van der Waals surface area contributed by atoms with Crippen LogP contribution < -0.4 is 0 Å². The zero-order valence-electron chi connectivity index (χ0n) is 15.1. The molecule has 0 saturated carbocycles.